The number of carbonyl (C=O) groups excluding carboxylic acids is 2. The maximum absolute atomic E-state index is 11.9. The highest BCUT2D eigenvalue weighted by atomic mass is 35.5. The van der Waals surface area contributed by atoms with Crippen LogP contribution in [-0.2, 0) is 9.53 Å². The molecule has 0 aliphatic carbocycles. The molecule has 1 aromatic carbocycles. The molecule has 1 aromatic heterocycles. The Morgan fingerprint density at radius 2 is 2.00 bits per heavy atom. The predicted molar refractivity (Wildman–Crippen MR) is 87.7 cm³/mol. The highest BCUT2D eigenvalue weighted by Crippen LogP contribution is 2.28. The van der Waals surface area contributed by atoms with Crippen LogP contribution in [0.3, 0.4) is 0 Å². The molecule has 0 spiro atoms. The van der Waals surface area contributed by atoms with Crippen molar-refractivity contribution in [3.05, 3.63) is 47.2 Å². The van der Waals surface area contributed by atoms with Gasteiger partial charge < -0.3 is 19.5 Å². The number of esters is 1. The first-order chi connectivity index (χ1) is 11.5. The van der Waals surface area contributed by atoms with E-state index < -0.39 is 11.9 Å². The van der Waals surface area contributed by atoms with Gasteiger partial charge in [-0.15, -0.1) is 0 Å². The van der Waals surface area contributed by atoms with E-state index in [-0.39, 0.29) is 11.8 Å². The van der Waals surface area contributed by atoms with Crippen molar-refractivity contribution in [2.75, 3.05) is 26.1 Å². The van der Waals surface area contributed by atoms with Gasteiger partial charge in [0.2, 0.25) is 0 Å². The maximum atomic E-state index is 11.9. The van der Waals surface area contributed by atoms with Crippen LogP contribution in [0.1, 0.15) is 10.4 Å². The highest BCUT2D eigenvalue weighted by molar-refractivity contribution is 6.32. The van der Waals surface area contributed by atoms with E-state index in [1.807, 2.05) is 0 Å². The number of hydrogen-bond acceptors (Lipinski definition) is 6. The molecule has 7 nitrogen and oxygen atoms in total. The summed E-state index contributed by atoms with van der Waals surface area (Å²) in [6.07, 6.45) is 1.52. The fourth-order valence-corrected chi connectivity index (χ4v) is 2.01. The average molecular weight is 351 g/mol. The number of amides is 1. The molecule has 126 valence electrons. The molecular formula is C16H15ClN2O5. The third-order valence-corrected chi connectivity index (χ3v) is 3.28. The monoisotopic (exact) mass is 350 g/mol. The summed E-state index contributed by atoms with van der Waals surface area (Å²) in [4.78, 5) is 27.3. The number of benzene rings is 1. The van der Waals surface area contributed by atoms with Gasteiger partial charge in [-0.05, 0) is 30.3 Å². The lowest BCUT2D eigenvalue weighted by Crippen LogP contribution is -2.20. The second-order valence-corrected chi connectivity index (χ2v) is 4.89. The predicted octanol–water partition coefficient (Wildman–Crippen LogP) is 2.55. The molecule has 0 atom stereocenters. The van der Waals surface area contributed by atoms with E-state index in [9.17, 15) is 9.59 Å². The van der Waals surface area contributed by atoms with Crippen LogP contribution in [0.2, 0.25) is 5.15 Å². The van der Waals surface area contributed by atoms with Gasteiger partial charge in [0, 0.05) is 6.20 Å². The number of anilines is 1. The first-order valence-electron chi connectivity index (χ1n) is 6.84. The molecule has 2 rings (SSSR count). The quantitative estimate of drug-likeness (QED) is 0.636. The Kier molecular flexibility index (Phi) is 5.97. The van der Waals surface area contributed by atoms with Gasteiger partial charge in [0.15, 0.2) is 23.3 Å². The number of nitrogens with one attached hydrogen (secondary N) is 1. The minimum absolute atomic E-state index is 0.186. The first-order valence-corrected chi connectivity index (χ1v) is 7.22. The van der Waals surface area contributed by atoms with Crippen LogP contribution < -0.4 is 14.8 Å². The van der Waals surface area contributed by atoms with Crippen molar-refractivity contribution in [1.29, 1.82) is 0 Å². The zero-order chi connectivity index (χ0) is 17.5. The van der Waals surface area contributed by atoms with Crippen LogP contribution in [0.25, 0.3) is 0 Å². The summed E-state index contributed by atoms with van der Waals surface area (Å²) in [7, 11) is 2.71. The van der Waals surface area contributed by atoms with Crippen LogP contribution in [0, 0.1) is 0 Å². The fourth-order valence-electron chi connectivity index (χ4n) is 1.84. The minimum atomic E-state index is -0.496. The van der Waals surface area contributed by atoms with E-state index in [2.05, 4.69) is 15.0 Å². The lowest BCUT2D eigenvalue weighted by molar-refractivity contribution is -0.118. The third-order valence-electron chi connectivity index (χ3n) is 2.98. The number of rotatable bonds is 6. The van der Waals surface area contributed by atoms with Crippen molar-refractivity contribution < 1.29 is 23.8 Å². The first kappa shape index (κ1) is 17.6. The van der Waals surface area contributed by atoms with Crippen LogP contribution in [-0.4, -0.2) is 37.7 Å². The molecule has 0 unspecified atom stereocenters. The van der Waals surface area contributed by atoms with E-state index in [1.54, 1.807) is 12.1 Å². The van der Waals surface area contributed by atoms with Crippen molar-refractivity contribution >= 4 is 29.2 Å². The van der Waals surface area contributed by atoms with Crippen LogP contribution in [0.4, 0.5) is 5.69 Å². The van der Waals surface area contributed by atoms with Gasteiger partial charge in [0.25, 0.3) is 5.91 Å². The van der Waals surface area contributed by atoms with Gasteiger partial charge in [0.05, 0.1) is 25.5 Å². The SMILES string of the molecule is COC(=O)c1ccc(OCC(=O)Nc2cccnc2Cl)c(OC)c1. The summed E-state index contributed by atoms with van der Waals surface area (Å²) in [6.45, 7) is -0.265. The molecule has 24 heavy (non-hydrogen) atoms. The summed E-state index contributed by atoms with van der Waals surface area (Å²) < 4.78 is 15.2. The third kappa shape index (κ3) is 4.36. The van der Waals surface area contributed by atoms with Crippen molar-refractivity contribution in [2.24, 2.45) is 0 Å². The summed E-state index contributed by atoms with van der Waals surface area (Å²) in [5.74, 6) is -0.282. The van der Waals surface area contributed by atoms with Crippen molar-refractivity contribution in [3.63, 3.8) is 0 Å². The van der Waals surface area contributed by atoms with Crippen molar-refractivity contribution in [1.82, 2.24) is 4.98 Å². The molecule has 0 aliphatic rings. The van der Waals surface area contributed by atoms with Crippen LogP contribution >= 0.6 is 11.6 Å². The zero-order valence-electron chi connectivity index (χ0n) is 13.0. The standard InChI is InChI=1S/C16H15ClN2O5/c1-22-13-8-10(16(21)23-2)5-6-12(13)24-9-14(20)19-11-4-3-7-18-15(11)17/h3-8H,9H2,1-2H3,(H,19,20). The van der Waals surface area contributed by atoms with E-state index in [4.69, 9.17) is 21.1 Å². The highest BCUT2D eigenvalue weighted by Gasteiger charge is 2.13. The van der Waals surface area contributed by atoms with Gasteiger partial charge in [-0.2, -0.15) is 0 Å². The topological polar surface area (TPSA) is 86.8 Å². The second kappa shape index (κ2) is 8.16. The molecule has 1 N–H and O–H groups in total. The molecule has 2 aromatic rings. The number of ether oxygens (including phenoxy) is 3. The van der Waals surface area contributed by atoms with Crippen molar-refractivity contribution in [3.8, 4) is 11.5 Å². The molecule has 0 aliphatic heterocycles. The summed E-state index contributed by atoms with van der Waals surface area (Å²) in [5, 5.41) is 2.77. The van der Waals surface area contributed by atoms with Gasteiger partial charge in [-0.1, -0.05) is 11.6 Å². The van der Waals surface area contributed by atoms with E-state index in [1.165, 1.54) is 38.6 Å². The normalized spacial score (nSPS) is 9.96. The van der Waals surface area contributed by atoms with Gasteiger partial charge >= 0.3 is 5.97 Å². The maximum Gasteiger partial charge on any atom is 0.337 e. The zero-order valence-corrected chi connectivity index (χ0v) is 13.8. The number of pyridine rings is 1. The number of halogens is 1. The van der Waals surface area contributed by atoms with Gasteiger partial charge in [0.1, 0.15) is 0 Å². The molecule has 1 heterocycles. The Bertz CT molecular complexity index is 751. The molecule has 0 saturated carbocycles. The average Bonchev–Trinajstić information content (AvgIpc) is 2.61. The van der Waals surface area contributed by atoms with E-state index in [0.717, 1.165) is 0 Å². The molecule has 0 fully saturated rings. The van der Waals surface area contributed by atoms with Crippen molar-refractivity contribution in [2.45, 2.75) is 0 Å². The lowest BCUT2D eigenvalue weighted by Gasteiger charge is -2.12. The number of aromatic nitrogens is 1. The molecule has 8 heteroatoms. The summed E-state index contributed by atoms with van der Waals surface area (Å²) in [6, 6.07) is 7.78. The lowest BCUT2D eigenvalue weighted by atomic mass is 10.2. The summed E-state index contributed by atoms with van der Waals surface area (Å²) in [5.41, 5.74) is 0.703. The van der Waals surface area contributed by atoms with Gasteiger partial charge in [-0.25, -0.2) is 9.78 Å². The molecule has 0 bridgehead atoms. The Hall–Kier alpha value is -2.80. The smallest absolute Gasteiger partial charge is 0.337 e. The minimum Gasteiger partial charge on any atom is -0.493 e. The van der Waals surface area contributed by atoms with Crippen LogP contribution in [0.5, 0.6) is 11.5 Å². The number of methoxy groups -OCH3 is 2. The Morgan fingerprint density at radius 1 is 1.21 bits per heavy atom. The summed E-state index contributed by atoms with van der Waals surface area (Å²) >= 11 is 5.86. The Balaban J connectivity index is 2.02. The van der Waals surface area contributed by atoms with E-state index >= 15 is 0 Å². The fraction of sp³-hybridized carbons (Fsp3) is 0.188. The molecule has 0 radical (unpaired) electrons. The largest absolute Gasteiger partial charge is 0.493 e. The second-order valence-electron chi connectivity index (χ2n) is 4.54. The molecule has 1 amide bonds. The number of hydrogen-bond donors (Lipinski definition) is 1. The molecular weight excluding hydrogens is 336 g/mol. The number of carbonyl (C=O) groups is 2. The van der Waals surface area contributed by atoms with E-state index in [0.29, 0.717) is 22.7 Å². The Morgan fingerprint density at radius 3 is 2.67 bits per heavy atom. The Labute approximate surface area is 143 Å². The van der Waals surface area contributed by atoms with Crippen LogP contribution in [0.15, 0.2) is 36.5 Å². The number of nitrogens with zero attached hydrogens (tertiary/aromatic N) is 1. The van der Waals surface area contributed by atoms with Gasteiger partial charge in [-0.3, -0.25) is 4.79 Å². The molecule has 0 saturated heterocycles.